The zero-order valence-corrected chi connectivity index (χ0v) is 11.4. The van der Waals surface area contributed by atoms with Crippen molar-refractivity contribution < 1.29 is 17.1 Å². The summed E-state index contributed by atoms with van der Waals surface area (Å²) < 4.78 is 2.11. The van der Waals surface area contributed by atoms with E-state index >= 15 is 0 Å². The van der Waals surface area contributed by atoms with Crippen LogP contribution in [0.1, 0.15) is 12.7 Å². The van der Waals surface area contributed by atoms with Gasteiger partial charge in [-0.15, -0.1) is 12.1 Å². The van der Waals surface area contributed by atoms with E-state index in [2.05, 4.69) is 28.6 Å². The first-order valence-electron chi connectivity index (χ1n) is 5.83. The van der Waals surface area contributed by atoms with Crippen LogP contribution in [0.3, 0.4) is 0 Å². The number of imidazole rings is 1. The van der Waals surface area contributed by atoms with E-state index in [0.29, 0.717) is 0 Å². The Bertz CT molecular complexity index is 489. The topological polar surface area (TPSA) is 17.8 Å². The zero-order chi connectivity index (χ0) is 11.9. The second kappa shape index (κ2) is 7.70. The minimum absolute atomic E-state index is 0. The molecule has 0 aliphatic heterocycles. The van der Waals surface area contributed by atoms with Gasteiger partial charge in [0.1, 0.15) is 0 Å². The van der Waals surface area contributed by atoms with Gasteiger partial charge >= 0.3 is 0 Å². The molecule has 2 aromatic carbocycles. The third-order valence-electron chi connectivity index (χ3n) is 2.51. The maximum atomic E-state index is 4.25. The van der Waals surface area contributed by atoms with E-state index in [0.717, 1.165) is 12.2 Å². The van der Waals surface area contributed by atoms with Crippen molar-refractivity contribution in [3.05, 3.63) is 72.8 Å². The number of hydrogen-bond donors (Lipinski definition) is 0. The Labute approximate surface area is 118 Å². The minimum atomic E-state index is 0. The van der Waals surface area contributed by atoms with Crippen LogP contribution in [0.4, 0.5) is 0 Å². The van der Waals surface area contributed by atoms with Gasteiger partial charge in [0.15, 0.2) is 0 Å². The van der Waals surface area contributed by atoms with Crippen molar-refractivity contribution in [3.8, 4) is 5.69 Å². The first-order valence-corrected chi connectivity index (χ1v) is 5.83. The Kier molecular flexibility index (Phi) is 6.20. The molecule has 0 unspecified atom stereocenters. The molecule has 2 nitrogen and oxygen atoms in total. The van der Waals surface area contributed by atoms with Crippen LogP contribution in [0.5, 0.6) is 0 Å². The van der Waals surface area contributed by atoms with Crippen molar-refractivity contribution >= 4 is 0 Å². The number of aryl methyl sites for hydroxylation is 1. The summed E-state index contributed by atoms with van der Waals surface area (Å²) in [4.78, 5) is 4.25. The first kappa shape index (κ1) is 14.5. The summed E-state index contributed by atoms with van der Waals surface area (Å²) in [5, 5.41) is 0. The van der Waals surface area contributed by atoms with Gasteiger partial charge in [0, 0.05) is 29.1 Å². The zero-order valence-electron chi connectivity index (χ0n) is 10.3. The molecular weight excluding hydrogens is 264 g/mol. The summed E-state index contributed by atoms with van der Waals surface area (Å²) in [5.74, 6) is 1.11. The number of aromatic nitrogens is 2. The van der Waals surface area contributed by atoms with Crippen molar-refractivity contribution in [3.63, 3.8) is 0 Å². The predicted octanol–water partition coefficient (Wildman–Crippen LogP) is 3.56. The fourth-order valence-electron chi connectivity index (χ4n) is 1.68. The largest absolute Gasteiger partial charge is 0.748 e. The molecule has 100 valence electrons. The van der Waals surface area contributed by atoms with Crippen LogP contribution in [-0.2, 0) is 23.5 Å². The standard InChI is InChI=1S/C10H11N2.C5H5.Fe/c1-2-10-11-7-8-12(10)9-5-3-4-6-9;1-2-4-5-3-1;/h3-8H,2H2,1H3;1-5H;/q-1;-5;. The quantitative estimate of drug-likeness (QED) is 0.518. The van der Waals surface area contributed by atoms with E-state index < -0.39 is 0 Å². The Morgan fingerprint density at radius 3 is 2.17 bits per heavy atom. The maximum Gasteiger partial charge on any atom is 0.0475 e. The van der Waals surface area contributed by atoms with Gasteiger partial charge < -0.3 is 34.9 Å². The molecule has 1 aromatic heterocycles. The predicted molar refractivity (Wildman–Crippen MR) is 70.6 cm³/mol. The van der Waals surface area contributed by atoms with Gasteiger partial charge in [0.2, 0.25) is 0 Å². The maximum absolute atomic E-state index is 4.25. The average molecular weight is 280 g/mol. The molecule has 18 heavy (non-hydrogen) atoms. The monoisotopic (exact) mass is 280 g/mol. The summed E-state index contributed by atoms with van der Waals surface area (Å²) in [6.07, 6.45) is 4.80. The SMILES string of the molecule is CCc1nccn1-[c-]1cccc1.[Fe].[cH-]1[cH-][cH-][cH-][cH-]1. The van der Waals surface area contributed by atoms with Crippen LogP contribution in [0, 0.1) is 0 Å². The van der Waals surface area contributed by atoms with Crippen LogP contribution in [-0.4, -0.2) is 9.55 Å². The number of hydrogen-bond acceptors (Lipinski definition) is 1. The van der Waals surface area contributed by atoms with Gasteiger partial charge in [-0.1, -0.05) is 6.92 Å². The van der Waals surface area contributed by atoms with Gasteiger partial charge in [-0.05, 0) is 18.3 Å². The molecule has 0 saturated heterocycles. The normalized spacial score (nSPS) is 9.17. The molecule has 3 rings (SSSR count). The van der Waals surface area contributed by atoms with Gasteiger partial charge in [-0.2, -0.15) is 12.1 Å². The summed E-state index contributed by atoms with van der Waals surface area (Å²) in [7, 11) is 0. The molecule has 0 aliphatic carbocycles. The molecule has 0 spiro atoms. The molecule has 0 bridgehead atoms. The van der Waals surface area contributed by atoms with E-state index in [1.54, 1.807) is 0 Å². The molecule has 1 heterocycles. The first-order chi connectivity index (χ1) is 8.42. The molecule has 0 radical (unpaired) electrons. The van der Waals surface area contributed by atoms with Crippen LogP contribution in [0.2, 0.25) is 0 Å². The van der Waals surface area contributed by atoms with Crippen LogP contribution in [0.15, 0.2) is 67.0 Å². The van der Waals surface area contributed by atoms with Crippen molar-refractivity contribution in [2.75, 3.05) is 0 Å². The van der Waals surface area contributed by atoms with E-state index in [9.17, 15) is 0 Å². The molecular formula is C15H16FeN2-6. The van der Waals surface area contributed by atoms with E-state index in [4.69, 9.17) is 0 Å². The third-order valence-corrected chi connectivity index (χ3v) is 2.51. The molecule has 3 aromatic rings. The van der Waals surface area contributed by atoms with E-state index in [-0.39, 0.29) is 17.1 Å². The Morgan fingerprint density at radius 1 is 1.11 bits per heavy atom. The van der Waals surface area contributed by atoms with Crippen molar-refractivity contribution in [1.82, 2.24) is 9.55 Å². The third kappa shape index (κ3) is 3.73. The fraction of sp³-hybridized carbons (Fsp3) is 0.133. The molecule has 0 amide bonds. The van der Waals surface area contributed by atoms with E-state index in [1.165, 1.54) is 5.69 Å². The fourth-order valence-corrected chi connectivity index (χ4v) is 1.68. The van der Waals surface area contributed by atoms with Gasteiger partial charge in [-0.25, -0.2) is 0 Å². The average Bonchev–Trinajstić information content (AvgIpc) is 3.12. The van der Waals surface area contributed by atoms with Gasteiger partial charge in [-0.3, -0.25) is 4.98 Å². The minimum Gasteiger partial charge on any atom is -0.748 e. The smallest absolute Gasteiger partial charge is 0.0475 e. The van der Waals surface area contributed by atoms with Crippen molar-refractivity contribution in [2.45, 2.75) is 13.3 Å². The summed E-state index contributed by atoms with van der Waals surface area (Å²) >= 11 is 0. The van der Waals surface area contributed by atoms with Crippen LogP contribution >= 0.6 is 0 Å². The van der Waals surface area contributed by atoms with Crippen LogP contribution < -0.4 is 0 Å². The van der Waals surface area contributed by atoms with Gasteiger partial charge in [0.05, 0.1) is 0 Å². The molecule has 0 atom stereocenters. The molecule has 0 aliphatic rings. The summed E-state index contributed by atoms with van der Waals surface area (Å²) in [6.45, 7) is 2.11. The molecule has 0 N–H and O–H groups in total. The summed E-state index contributed by atoms with van der Waals surface area (Å²) in [6, 6.07) is 18.2. The molecule has 0 fully saturated rings. The van der Waals surface area contributed by atoms with Crippen molar-refractivity contribution in [1.29, 1.82) is 0 Å². The second-order valence-electron chi connectivity index (χ2n) is 3.67. The number of rotatable bonds is 2. The second-order valence-corrected chi connectivity index (χ2v) is 3.67. The Hall–Kier alpha value is -1.57. The summed E-state index contributed by atoms with van der Waals surface area (Å²) in [5.41, 5.74) is 1.20. The van der Waals surface area contributed by atoms with Crippen LogP contribution in [0.25, 0.3) is 5.69 Å². The Balaban J connectivity index is 0.000000230. The van der Waals surface area contributed by atoms with Crippen molar-refractivity contribution in [2.24, 2.45) is 0 Å². The Morgan fingerprint density at radius 2 is 1.67 bits per heavy atom. The van der Waals surface area contributed by atoms with E-state index in [1.807, 2.05) is 54.9 Å². The van der Waals surface area contributed by atoms with Gasteiger partial charge in [0.25, 0.3) is 0 Å². The number of nitrogens with zero attached hydrogens (tertiary/aromatic N) is 2. The molecule has 0 saturated carbocycles. The molecule has 3 heteroatoms.